The van der Waals surface area contributed by atoms with Gasteiger partial charge in [-0.15, -0.1) is 0 Å². The van der Waals surface area contributed by atoms with Crippen molar-refractivity contribution in [1.29, 1.82) is 0 Å². The lowest BCUT2D eigenvalue weighted by molar-refractivity contribution is 0.309. The smallest absolute Gasteiger partial charge is 0.232 e. The summed E-state index contributed by atoms with van der Waals surface area (Å²) >= 11 is 0. The Morgan fingerprint density at radius 2 is 1.35 bits per heavy atom. The molecule has 1 saturated heterocycles. The van der Waals surface area contributed by atoms with Gasteiger partial charge in [0.1, 0.15) is 0 Å². The first-order valence-electron chi connectivity index (χ1n) is 7.05. The maximum atomic E-state index is 5.27. The lowest BCUT2D eigenvalue weighted by Gasteiger charge is -2.32. The van der Waals surface area contributed by atoms with Crippen LogP contribution in [0.1, 0.15) is 19.4 Å². The summed E-state index contributed by atoms with van der Waals surface area (Å²) in [6.45, 7) is 9.77. The number of hydrogen-bond donors (Lipinski definition) is 0. The Bertz CT molecular complexity index is 393. The quantitative estimate of drug-likeness (QED) is 0.839. The molecule has 0 amide bonds. The van der Waals surface area contributed by atoms with Crippen molar-refractivity contribution in [2.45, 2.75) is 20.8 Å². The van der Waals surface area contributed by atoms with E-state index in [-0.39, 0.29) is 0 Å². The summed E-state index contributed by atoms with van der Waals surface area (Å²) in [6.07, 6.45) is 0. The van der Waals surface area contributed by atoms with Gasteiger partial charge in [0.05, 0.1) is 19.8 Å². The maximum Gasteiger partial charge on any atom is 0.232 e. The van der Waals surface area contributed by atoms with Crippen LogP contribution in [-0.2, 0) is 0 Å². The summed E-state index contributed by atoms with van der Waals surface area (Å²) in [5.74, 6) is 1.84. The third kappa shape index (κ3) is 3.72. The van der Waals surface area contributed by atoms with Crippen molar-refractivity contribution in [3.8, 4) is 11.8 Å². The highest BCUT2D eigenvalue weighted by Gasteiger charge is 2.20. The molecule has 1 aromatic heterocycles. The molecule has 1 aliphatic heterocycles. The Morgan fingerprint density at radius 1 is 0.900 bits per heavy atom. The van der Waals surface area contributed by atoms with Crippen molar-refractivity contribution in [2.75, 3.05) is 52.3 Å². The van der Waals surface area contributed by atoms with E-state index < -0.39 is 0 Å². The summed E-state index contributed by atoms with van der Waals surface area (Å²) < 4.78 is 10.5. The second-order valence-electron chi connectivity index (χ2n) is 4.46. The van der Waals surface area contributed by atoms with Crippen LogP contribution in [0.25, 0.3) is 0 Å². The second kappa shape index (κ2) is 7.89. The fourth-order valence-electron chi connectivity index (χ4n) is 2.01. The molecular formula is C14H26N4O2. The topological polar surface area (TPSA) is 50.7 Å². The Hall–Kier alpha value is -1.56. The fraction of sp³-hybridized carbons (Fsp3) is 0.714. The van der Waals surface area contributed by atoms with Gasteiger partial charge in [0.2, 0.25) is 17.7 Å². The molecule has 0 radical (unpaired) electrons. The zero-order valence-corrected chi connectivity index (χ0v) is 13.4. The van der Waals surface area contributed by atoms with E-state index in [9.17, 15) is 0 Å². The van der Waals surface area contributed by atoms with E-state index in [1.54, 1.807) is 14.2 Å². The van der Waals surface area contributed by atoms with Crippen LogP contribution >= 0.6 is 0 Å². The first-order chi connectivity index (χ1) is 9.65. The number of aromatic nitrogens is 2. The van der Waals surface area contributed by atoms with Crippen LogP contribution < -0.4 is 14.4 Å². The number of likely N-dealkylation sites (N-methyl/N-ethyl adjacent to an activating group) is 1. The van der Waals surface area contributed by atoms with E-state index in [0.717, 1.165) is 31.7 Å². The number of nitrogens with zero attached hydrogens (tertiary/aromatic N) is 4. The molecule has 0 N–H and O–H groups in total. The second-order valence-corrected chi connectivity index (χ2v) is 4.46. The van der Waals surface area contributed by atoms with Gasteiger partial charge in [-0.3, -0.25) is 0 Å². The predicted molar refractivity (Wildman–Crippen MR) is 80.9 cm³/mol. The molecule has 0 aliphatic carbocycles. The molecule has 1 fully saturated rings. The SMILES string of the molecule is CC.COc1nc(N2CCN(C)CC2)nc(OC)c1C. The van der Waals surface area contributed by atoms with E-state index in [2.05, 4.69) is 26.8 Å². The monoisotopic (exact) mass is 282 g/mol. The highest BCUT2D eigenvalue weighted by atomic mass is 16.5. The molecule has 0 bridgehead atoms. The molecule has 0 saturated carbocycles. The van der Waals surface area contributed by atoms with E-state index in [1.807, 2.05) is 20.8 Å². The molecule has 1 aromatic rings. The van der Waals surface area contributed by atoms with Crippen molar-refractivity contribution in [2.24, 2.45) is 0 Å². The zero-order chi connectivity index (χ0) is 15.1. The van der Waals surface area contributed by atoms with Crippen LogP contribution in [0.15, 0.2) is 0 Å². The lowest BCUT2D eigenvalue weighted by atomic mass is 10.3. The fourth-order valence-corrected chi connectivity index (χ4v) is 2.01. The van der Waals surface area contributed by atoms with Gasteiger partial charge in [-0.25, -0.2) is 0 Å². The van der Waals surface area contributed by atoms with Gasteiger partial charge in [0, 0.05) is 26.2 Å². The molecule has 0 unspecified atom stereocenters. The third-order valence-electron chi connectivity index (χ3n) is 3.22. The number of anilines is 1. The summed E-state index contributed by atoms with van der Waals surface area (Å²) in [6, 6.07) is 0. The molecule has 2 heterocycles. The number of piperazine rings is 1. The minimum absolute atomic E-state index is 0.579. The molecule has 0 atom stereocenters. The van der Waals surface area contributed by atoms with E-state index in [1.165, 1.54) is 0 Å². The molecule has 0 spiro atoms. The molecule has 6 nitrogen and oxygen atoms in total. The molecule has 0 aromatic carbocycles. The van der Waals surface area contributed by atoms with Gasteiger partial charge in [-0.05, 0) is 14.0 Å². The Kier molecular flexibility index (Phi) is 6.51. The molecule has 114 valence electrons. The van der Waals surface area contributed by atoms with Gasteiger partial charge in [0.15, 0.2) is 0 Å². The normalized spacial score (nSPS) is 15.4. The van der Waals surface area contributed by atoms with Crippen molar-refractivity contribution in [3.05, 3.63) is 5.56 Å². The maximum absolute atomic E-state index is 5.27. The summed E-state index contributed by atoms with van der Waals surface area (Å²) in [5.41, 5.74) is 0.831. The number of rotatable bonds is 3. The van der Waals surface area contributed by atoms with Crippen LogP contribution in [0.2, 0.25) is 0 Å². The average Bonchev–Trinajstić information content (AvgIpc) is 2.50. The average molecular weight is 282 g/mol. The summed E-state index contributed by atoms with van der Waals surface area (Å²) in [4.78, 5) is 13.3. The highest BCUT2D eigenvalue weighted by Crippen LogP contribution is 2.26. The van der Waals surface area contributed by atoms with E-state index in [4.69, 9.17) is 9.47 Å². The largest absolute Gasteiger partial charge is 0.481 e. The third-order valence-corrected chi connectivity index (χ3v) is 3.22. The predicted octanol–water partition coefficient (Wildman–Crippen LogP) is 1.58. The molecule has 6 heteroatoms. The zero-order valence-electron chi connectivity index (χ0n) is 13.4. The van der Waals surface area contributed by atoms with Gasteiger partial charge in [-0.1, -0.05) is 13.8 Å². The molecule has 1 aliphatic rings. The van der Waals surface area contributed by atoms with Crippen molar-refractivity contribution >= 4 is 5.95 Å². The standard InChI is InChI=1S/C12H20N4O2.C2H6/c1-9-10(17-3)13-12(14-11(9)18-4)16-7-5-15(2)6-8-16;1-2/h5-8H2,1-4H3;1-2H3. The number of hydrogen-bond acceptors (Lipinski definition) is 6. The summed E-state index contributed by atoms with van der Waals surface area (Å²) in [5, 5.41) is 0. The lowest BCUT2D eigenvalue weighted by Crippen LogP contribution is -2.45. The van der Waals surface area contributed by atoms with Crippen LogP contribution in [0.4, 0.5) is 5.95 Å². The van der Waals surface area contributed by atoms with Gasteiger partial charge in [-0.2, -0.15) is 9.97 Å². The first-order valence-corrected chi connectivity index (χ1v) is 7.05. The van der Waals surface area contributed by atoms with Crippen LogP contribution in [-0.4, -0.2) is 62.3 Å². The highest BCUT2D eigenvalue weighted by molar-refractivity contribution is 5.43. The van der Waals surface area contributed by atoms with Crippen LogP contribution in [0.5, 0.6) is 11.8 Å². The van der Waals surface area contributed by atoms with Gasteiger partial charge in [0.25, 0.3) is 0 Å². The number of ether oxygens (including phenoxy) is 2. The Balaban J connectivity index is 0.000000956. The minimum atomic E-state index is 0.579. The number of methoxy groups -OCH3 is 2. The first kappa shape index (κ1) is 16.5. The van der Waals surface area contributed by atoms with Gasteiger partial charge < -0.3 is 19.3 Å². The molecule has 20 heavy (non-hydrogen) atoms. The van der Waals surface area contributed by atoms with Crippen molar-refractivity contribution in [3.63, 3.8) is 0 Å². The molecule has 2 rings (SSSR count). The Labute approximate surface area is 121 Å². The van der Waals surface area contributed by atoms with Gasteiger partial charge >= 0.3 is 0 Å². The van der Waals surface area contributed by atoms with Crippen molar-refractivity contribution in [1.82, 2.24) is 14.9 Å². The summed E-state index contributed by atoms with van der Waals surface area (Å²) in [7, 11) is 5.35. The Morgan fingerprint density at radius 3 is 1.75 bits per heavy atom. The molecular weight excluding hydrogens is 256 g/mol. The van der Waals surface area contributed by atoms with E-state index in [0.29, 0.717) is 17.7 Å². The van der Waals surface area contributed by atoms with Crippen LogP contribution in [0, 0.1) is 6.92 Å². The van der Waals surface area contributed by atoms with Crippen molar-refractivity contribution < 1.29 is 9.47 Å². The minimum Gasteiger partial charge on any atom is -0.481 e. The van der Waals surface area contributed by atoms with Crippen LogP contribution in [0.3, 0.4) is 0 Å². The van der Waals surface area contributed by atoms with E-state index >= 15 is 0 Å².